The van der Waals surface area contributed by atoms with Gasteiger partial charge in [0.05, 0.1) is 0 Å². The summed E-state index contributed by atoms with van der Waals surface area (Å²) in [5, 5.41) is 0. The summed E-state index contributed by atoms with van der Waals surface area (Å²) in [5.41, 5.74) is 5.54. The van der Waals surface area contributed by atoms with E-state index in [4.69, 9.17) is 0 Å². The van der Waals surface area contributed by atoms with Gasteiger partial charge < -0.3 is 0 Å². The normalized spacial score (nSPS) is 12.0. The summed E-state index contributed by atoms with van der Waals surface area (Å²) in [4.78, 5) is 0. The van der Waals surface area contributed by atoms with Crippen molar-refractivity contribution in [2.24, 2.45) is 0 Å². The van der Waals surface area contributed by atoms with Gasteiger partial charge >= 0.3 is 0 Å². The second-order valence-electron chi connectivity index (χ2n) is 3.80. The topological polar surface area (TPSA) is 0 Å². The molecule has 0 radical (unpaired) electrons. The van der Waals surface area contributed by atoms with E-state index in [1.807, 2.05) is 47.6 Å². The summed E-state index contributed by atoms with van der Waals surface area (Å²) in [6.45, 7) is 18.0. The van der Waals surface area contributed by atoms with Gasteiger partial charge in [-0.1, -0.05) is 90.6 Å². The Labute approximate surface area is 133 Å². The smallest absolute Gasteiger partial charge is 0.0149 e. The fourth-order valence-electron chi connectivity index (χ4n) is 2.15. The summed E-state index contributed by atoms with van der Waals surface area (Å²) < 4.78 is 0. The number of fused-ring (bicyclic) bond motifs is 1. The van der Waals surface area contributed by atoms with E-state index in [9.17, 15) is 0 Å². The lowest BCUT2D eigenvalue weighted by molar-refractivity contribution is 0.944. The van der Waals surface area contributed by atoms with E-state index < -0.39 is 0 Å². The van der Waals surface area contributed by atoms with Crippen molar-refractivity contribution in [1.82, 2.24) is 0 Å². The van der Waals surface area contributed by atoms with Crippen LogP contribution >= 0.6 is 0 Å². The Bertz CT molecular complexity index is 433. The van der Waals surface area contributed by atoms with Crippen LogP contribution in [0, 0.1) is 0 Å². The summed E-state index contributed by atoms with van der Waals surface area (Å²) >= 11 is 0. The van der Waals surface area contributed by atoms with Crippen LogP contribution in [0.2, 0.25) is 0 Å². The molecule has 21 heavy (non-hydrogen) atoms. The minimum absolute atomic E-state index is 1.11. The first-order valence-corrected chi connectivity index (χ1v) is 8.43. The van der Waals surface area contributed by atoms with E-state index in [0.29, 0.717) is 0 Å². The van der Waals surface area contributed by atoms with E-state index in [2.05, 4.69) is 49.9 Å². The van der Waals surface area contributed by atoms with Gasteiger partial charge in [0.2, 0.25) is 0 Å². The number of hydrogen-bond acceptors (Lipinski definition) is 0. The molecule has 0 unspecified atom stereocenters. The van der Waals surface area contributed by atoms with E-state index in [1.54, 1.807) is 0 Å². The molecule has 118 valence electrons. The lowest BCUT2D eigenvalue weighted by Gasteiger charge is -2.19. The van der Waals surface area contributed by atoms with Crippen molar-refractivity contribution < 1.29 is 0 Å². The van der Waals surface area contributed by atoms with E-state index >= 15 is 0 Å². The van der Waals surface area contributed by atoms with E-state index in [0.717, 1.165) is 12.8 Å². The first kappa shape index (κ1) is 21.7. The molecular formula is C21H34. The average molecular weight is 287 g/mol. The Morgan fingerprint density at radius 3 is 2.00 bits per heavy atom. The van der Waals surface area contributed by atoms with Gasteiger partial charge in [-0.15, -0.1) is 0 Å². The van der Waals surface area contributed by atoms with Gasteiger partial charge in [0, 0.05) is 0 Å². The molecule has 0 spiro atoms. The first-order chi connectivity index (χ1) is 10.4. The van der Waals surface area contributed by atoms with Gasteiger partial charge in [-0.05, 0) is 42.0 Å². The van der Waals surface area contributed by atoms with Crippen LogP contribution in [-0.4, -0.2) is 0 Å². The van der Waals surface area contributed by atoms with E-state index in [1.165, 1.54) is 22.3 Å². The minimum Gasteiger partial charge on any atom is -0.0988 e. The van der Waals surface area contributed by atoms with Crippen molar-refractivity contribution >= 4 is 5.57 Å². The fraction of sp³-hybridized carbons (Fsp3) is 0.429. The highest BCUT2D eigenvalue weighted by Gasteiger charge is 2.14. The number of rotatable bonds is 2. The maximum atomic E-state index is 3.90. The number of benzene rings is 1. The average Bonchev–Trinajstić information content (AvgIpc) is 2.61. The van der Waals surface area contributed by atoms with Crippen LogP contribution in [0.4, 0.5) is 0 Å². The van der Waals surface area contributed by atoms with Crippen molar-refractivity contribution in [1.29, 1.82) is 0 Å². The van der Waals surface area contributed by atoms with E-state index in [-0.39, 0.29) is 0 Å². The van der Waals surface area contributed by atoms with Gasteiger partial charge in [-0.25, -0.2) is 0 Å². The van der Waals surface area contributed by atoms with Crippen molar-refractivity contribution in [2.45, 2.75) is 61.3 Å². The Morgan fingerprint density at radius 2 is 1.48 bits per heavy atom. The highest BCUT2D eigenvalue weighted by molar-refractivity contribution is 5.81. The summed E-state index contributed by atoms with van der Waals surface area (Å²) in [7, 11) is 0. The second-order valence-corrected chi connectivity index (χ2v) is 3.80. The van der Waals surface area contributed by atoms with Crippen LogP contribution in [0.5, 0.6) is 0 Å². The molecule has 1 aliphatic carbocycles. The van der Waals surface area contributed by atoms with Crippen molar-refractivity contribution in [3.05, 3.63) is 65.8 Å². The molecule has 0 nitrogen and oxygen atoms in total. The molecule has 1 aliphatic rings. The second kappa shape index (κ2) is 14.8. The highest BCUT2D eigenvalue weighted by Crippen LogP contribution is 2.32. The van der Waals surface area contributed by atoms with Gasteiger partial charge in [0.15, 0.2) is 0 Å². The van der Waals surface area contributed by atoms with Crippen LogP contribution in [0.15, 0.2) is 54.6 Å². The third-order valence-corrected chi connectivity index (χ3v) is 2.90. The molecule has 1 aromatic carbocycles. The number of allylic oxidation sites excluding steroid dienone is 5. The fourth-order valence-corrected chi connectivity index (χ4v) is 2.15. The van der Waals surface area contributed by atoms with Crippen molar-refractivity contribution in [3.63, 3.8) is 0 Å². The SMILES string of the molecule is C=CC1=C(/C=C\C)c2ccccc2CC1.CC.CC.CC. The third-order valence-electron chi connectivity index (χ3n) is 2.90. The lowest BCUT2D eigenvalue weighted by atomic mass is 9.85. The molecule has 0 bridgehead atoms. The van der Waals surface area contributed by atoms with Crippen LogP contribution in [0.3, 0.4) is 0 Å². The molecule has 0 heterocycles. The summed E-state index contributed by atoms with van der Waals surface area (Å²) in [6, 6.07) is 8.64. The molecule has 0 aromatic heterocycles. The van der Waals surface area contributed by atoms with Crippen LogP contribution in [0.1, 0.15) is 66.0 Å². The molecule has 0 N–H and O–H groups in total. The molecule has 0 saturated heterocycles. The molecule has 0 aliphatic heterocycles. The van der Waals surface area contributed by atoms with Crippen LogP contribution in [0.25, 0.3) is 5.57 Å². The van der Waals surface area contributed by atoms with Gasteiger partial charge in [-0.3, -0.25) is 0 Å². The Morgan fingerprint density at radius 1 is 0.905 bits per heavy atom. The number of hydrogen-bond donors (Lipinski definition) is 0. The predicted molar refractivity (Wildman–Crippen MR) is 101 cm³/mol. The monoisotopic (exact) mass is 286 g/mol. The zero-order valence-corrected chi connectivity index (χ0v) is 15.2. The first-order valence-electron chi connectivity index (χ1n) is 8.43. The quantitative estimate of drug-likeness (QED) is 0.538. The summed E-state index contributed by atoms with van der Waals surface area (Å²) in [6.07, 6.45) is 8.53. The molecule has 0 heteroatoms. The minimum atomic E-state index is 1.11. The molecule has 0 amide bonds. The largest absolute Gasteiger partial charge is 0.0988 e. The highest BCUT2D eigenvalue weighted by atomic mass is 14.2. The third kappa shape index (κ3) is 6.62. The zero-order valence-electron chi connectivity index (χ0n) is 15.2. The van der Waals surface area contributed by atoms with Crippen LogP contribution in [-0.2, 0) is 6.42 Å². The molecule has 1 aromatic rings. The molecule has 0 saturated carbocycles. The molecule has 2 rings (SSSR count). The van der Waals surface area contributed by atoms with Gasteiger partial charge in [0.1, 0.15) is 0 Å². The maximum absolute atomic E-state index is 3.90. The van der Waals surface area contributed by atoms with Crippen molar-refractivity contribution in [2.75, 3.05) is 0 Å². The molecule has 0 atom stereocenters. The van der Waals surface area contributed by atoms with Gasteiger partial charge in [-0.2, -0.15) is 0 Å². The maximum Gasteiger partial charge on any atom is -0.0149 e. The standard InChI is InChI=1S/C15H16.3C2H6/c1-3-7-14-12(4-2)10-11-13-8-5-6-9-15(13)14;3*1-2/h3-9H,2,10-11H2,1H3;3*1-2H3/b7-3-;;;. The number of aryl methyl sites for hydroxylation is 1. The Kier molecular flexibility index (Phi) is 15.4. The predicted octanol–water partition coefficient (Wildman–Crippen LogP) is 7.23. The molecule has 0 fully saturated rings. The zero-order chi connectivity index (χ0) is 16.7. The Balaban J connectivity index is 0. The van der Waals surface area contributed by atoms with Crippen LogP contribution < -0.4 is 0 Å². The Hall–Kier alpha value is -1.56. The van der Waals surface area contributed by atoms with Gasteiger partial charge in [0.25, 0.3) is 0 Å². The summed E-state index contributed by atoms with van der Waals surface area (Å²) in [5.74, 6) is 0. The lowest BCUT2D eigenvalue weighted by Crippen LogP contribution is -2.02. The van der Waals surface area contributed by atoms with Crippen molar-refractivity contribution in [3.8, 4) is 0 Å². The molecular weight excluding hydrogens is 252 g/mol.